The molecule has 0 spiro atoms. The maximum Gasteiger partial charge on any atom is 0.0160 e. The maximum absolute atomic E-state index is 3.83. The van der Waals surface area contributed by atoms with Crippen LogP contribution in [0.3, 0.4) is 0 Å². The summed E-state index contributed by atoms with van der Waals surface area (Å²) in [4.78, 5) is 2.50. The molecular weight excluding hydrogens is 196 g/mol. The van der Waals surface area contributed by atoms with Crippen LogP contribution in [0.15, 0.2) is 12.7 Å². The number of likely N-dealkylation sites (N-methyl/N-ethyl adjacent to an activating group) is 1. The second-order valence-electron chi connectivity index (χ2n) is 5.45. The van der Waals surface area contributed by atoms with Crippen molar-refractivity contribution in [1.82, 2.24) is 10.2 Å². The molecular formula is C14H26N2. The van der Waals surface area contributed by atoms with Crippen LogP contribution in [0.2, 0.25) is 0 Å². The van der Waals surface area contributed by atoms with Crippen LogP contribution in [0, 0.1) is 5.92 Å². The Balaban J connectivity index is 1.71. The smallest absolute Gasteiger partial charge is 0.0160 e. The van der Waals surface area contributed by atoms with E-state index in [0.717, 1.165) is 31.1 Å². The first kappa shape index (κ1) is 12.1. The van der Waals surface area contributed by atoms with Gasteiger partial charge in [0.25, 0.3) is 0 Å². The van der Waals surface area contributed by atoms with Crippen molar-refractivity contribution in [3.05, 3.63) is 12.7 Å². The van der Waals surface area contributed by atoms with E-state index in [0.29, 0.717) is 0 Å². The molecule has 2 heterocycles. The largest absolute Gasteiger partial charge is 0.311 e. The summed E-state index contributed by atoms with van der Waals surface area (Å²) in [6, 6.07) is 1.69. The molecule has 0 aromatic rings. The SMILES string of the molecule is C=CCN(CC)CCC1CC2CCC(C1)N2. The van der Waals surface area contributed by atoms with Crippen molar-refractivity contribution < 1.29 is 0 Å². The molecule has 2 atom stereocenters. The lowest BCUT2D eigenvalue weighted by Crippen LogP contribution is -2.39. The first-order valence-electron chi connectivity index (χ1n) is 6.91. The van der Waals surface area contributed by atoms with E-state index in [9.17, 15) is 0 Å². The number of piperidine rings is 1. The van der Waals surface area contributed by atoms with E-state index in [1.165, 1.54) is 38.6 Å². The van der Waals surface area contributed by atoms with Gasteiger partial charge >= 0.3 is 0 Å². The molecule has 0 amide bonds. The Morgan fingerprint density at radius 2 is 2.00 bits per heavy atom. The van der Waals surface area contributed by atoms with Gasteiger partial charge in [0.1, 0.15) is 0 Å². The minimum absolute atomic E-state index is 0.846. The number of rotatable bonds is 6. The predicted octanol–water partition coefficient (Wildman–Crippen LogP) is 2.42. The van der Waals surface area contributed by atoms with Crippen molar-refractivity contribution in [2.75, 3.05) is 19.6 Å². The molecule has 2 heteroatoms. The summed E-state index contributed by atoms with van der Waals surface area (Å²) in [7, 11) is 0. The van der Waals surface area contributed by atoms with E-state index in [1.807, 2.05) is 6.08 Å². The van der Waals surface area contributed by atoms with Gasteiger partial charge in [-0.05, 0) is 51.1 Å². The van der Waals surface area contributed by atoms with Crippen molar-refractivity contribution in [3.63, 3.8) is 0 Å². The molecule has 16 heavy (non-hydrogen) atoms. The van der Waals surface area contributed by atoms with Gasteiger partial charge in [-0.25, -0.2) is 0 Å². The van der Waals surface area contributed by atoms with Crippen molar-refractivity contribution >= 4 is 0 Å². The first-order chi connectivity index (χ1) is 7.81. The Morgan fingerprint density at radius 3 is 2.56 bits per heavy atom. The van der Waals surface area contributed by atoms with Crippen molar-refractivity contribution in [3.8, 4) is 0 Å². The lowest BCUT2D eigenvalue weighted by Gasteiger charge is -2.30. The molecule has 2 bridgehead atoms. The molecule has 2 saturated heterocycles. The highest BCUT2D eigenvalue weighted by atomic mass is 15.1. The summed E-state index contributed by atoms with van der Waals surface area (Å²) in [6.07, 6.45) is 9.09. The zero-order chi connectivity index (χ0) is 11.4. The van der Waals surface area contributed by atoms with Gasteiger partial charge < -0.3 is 5.32 Å². The van der Waals surface area contributed by atoms with Gasteiger partial charge in [0, 0.05) is 18.6 Å². The number of hydrogen-bond donors (Lipinski definition) is 1. The normalized spacial score (nSPS) is 33.2. The van der Waals surface area contributed by atoms with E-state index in [2.05, 4.69) is 23.7 Å². The van der Waals surface area contributed by atoms with Gasteiger partial charge in [0.05, 0.1) is 0 Å². The molecule has 2 rings (SSSR count). The van der Waals surface area contributed by atoms with Crippen LogP contribution in [0.4, 0.5) is 0 Å². The lowest BCUT2D eigenvalue weighted by atomic mass is 9.89. The number of nitrogens with one attached hydrogen (secondary N) is 1. The number of fused-ring (bicyclic) bond motifs is 2. The average molecular weight is 222 g/mol. The van der Waals surface area contributed by atoms with Crippen LogP contribution >= 0.6 is 0 Å². The second kappa shape index (κ2) is 5.83. The van der Waals surface area contributed by atoms with Gasteiger partial charge in [-0.2, -0.15) is 0 Å². The molecule has 0 aromatic heterocycles. The molecule has 0 aliphatic carbocycles. The Hall–Kier alpha value is -0.340. The summed E-state index contributed by atoms with van der Waals surface area (Å²) in [5.74, 6) is 0.970. The van der Waals surface area contributed by atoms with Crippen LogP contribution in [0.5, 0.6) is 0 Å². The summed E-state index contributed by atoms with van der Waals surface area (Å²) in [6.45, 7) is 9.53. The minimum Gasteiger partial charge on any atom is -0.311 e. The second-order valence-corrected chi connectivity index (χ2v) is 5.45. The van der Waals surface area contributed by atoms with Crippen molar-refractivity contribution in [1.29, 1.82) is 0 Å². The van der Waals surface area contributed by atoms with Crippen LogP contribution < -0.4 is 5.32 Å². The Morgan fingerprint density at radius 1 is 1.31 bits per heavy atom. The summed E-state index contributed by atoms with van der Waals surface area (Å²) in [5.41, 5.74) is 0. The molecule has 1 N–H and O–H groups in total. The van der Waals surface area contributed by atoms with Crippen molar-refractivity contribution in [2.24, 2.45) is 5.92 Å². The third kappa shape index (κ3) is 3.08. The molecule has 0 radical (unpaired) electrons. The first-order valence-corrected chi connectivity index (χ1v) is 6.91. The molecule has 2 unspecified atom stereocenters. The monoisotopic (exact) mass is 222 g/mol. The van der Waals surface area contributed by atoms with E-state index in [1.54, 1.807) is 0 Å². The molecule has 92 valence electrons. The molecule has 2 aliphatic rings. The lowest BCUT2D eigenvalue weighted by molar-refractivity contribution is 0.236. The van der Waals surface area contributed by atoms with Gasteiger partial charge in [-0.1, -0.05) is 13.0 Å². The van der Waals surface area contributed by atoms with Crippen molar-refractivity contribution in [2.45, 2.75) is 51.1 Å². The third-order valence-corrected chi connectivity index (χ3v) is 4.26. The summed E-state index contributed by atoms with van der Waals surface area (Å²) in [5, 5.41) is 3.72. The zero-order valence-electron chi connectivity index (χ0n) is 10.6. The zero-order valence-corrected chi connectivity index (χ0v) is 10.6. The number of nitrogens with zero attached hydrogens (tertiary/aromatic N) is 1. The van der Waals surface area contributed by atoms with Gasteiger partial charge in [0.2, 0.25) is 0 Å². The van der Waals surface area contributed by atoms with Crippen LogP contribution in [0.25, 0.3) is 0 Å². The molecule has 2 nitrogen and oxygen atoms in total. The molecule has 0 saturated carbocycles. The molecule has 2 aliphatic heterocycles. The minimum atomic E-state index is 0.846. The number of hydrogen-bond acceptors (Lipinski definition) is 2. The van der Waals surface area contributed by atoms with Gasteiger partial charge in [-0.15, -0.1) is 6.58 Å². The highest BCUT2D eigenvalue weighted by molar-refractivity contribution is 4.92. The predicted molar refractivity (Wildman–Crippen MR) is 69.6 cm³/mol. The van der Waals surface area contributed by atoms with Crippen LogP contribution in [-0.2, 0) is 0 Å². The van der Waals surface area contributed by atoms with Gasteiger partial charge in [0.15, 0.2) is 0 Å². The van der Waals surface area contributed by atoms with E-state index in [4.69, 9.17) is 0 Å². The Labute approximate surface area is 100 Å². The fraction of sp³-hybridized carbons (Fsp3) is 0.857. The average Bonchev–Trinajstić information content (AvgIpc) is 2.64. The standard InChI is InChI=1S/C14H26N2/c1-3-8-16(4-2)9-7-12-10-13-5-6-14(11-12)15-13/h3,12-15H,1,4-11H2,2H3. The fourth-order valence-electron chi connectivity index (χ4n) is 3.34. The van der Waals surface area contributed by atoms with Crippen LogP contribution in [0.1, 0.15) is 39.0 Å². The highest BCUT2D eigenvalue weighted by Crippen LogP contribution is 2.32. The topological polar surface area (TPSA) is 15.3 Å². The quantitative estimate of drug-likeness (QED) is 0.694. The van der Waals surface area contributed by atoms with E-state index < -0.39 is 0 Å². The Bertz CT molecular complexity index is 215. The van der Waals surface area contributed by atoms with Gasteiger partial charge in [-0.3, -0.25) is 4.90 Å². The highest BCUT2D eigenvalue weighted by Gasteiger charge is 2.33. The fourth-order valence-corrected chi connectivity index (χ4v) is 3.34. The van der Waals surface area contributed by atoms with E-state index in [-0.39, 0.29) is 0 Å². The Kier molecular flexibility index (Phi) is 4.42. The molecule has 2 fully saturated rings. The van der Waals surface area contributed by atoms with E-state index >= 15 is 0 Å². The summed E-state index contributed by atoms with van der Waals surface area (Å²) >= 11 is 0. The maximum atomic E-state index is 3.83. The summed E-state index contributed by atoms with van der Waals surface area (Å²) < 4.78 is 0. The third-order valence-electron chi connectivity index (χ3n) is 4.26. The molecule has 0 aromatic carbocycles. The van der Waals surface area contributed by atoms with Crippen LogP contribution in [-0.4, -0.2) is 36.6 Å².